The van der Waals surface area contributed by atoms with Crippen LogP contribution in [-0.4, -0.2) is 33.8 Å². The number of esters is 1. The first-order valence-electron chi connectivity index (χ1n) is 8.70. The summed E-state index contributed by atoms with van der Waals surface area (Å²) in [6.07, 6.45) is -0.0402. The zero-order valence-corrected chi connectivity index (χ0v) is 17.3. The summed E-state index contributed by atoms with van der Waals surface area (Å²) in [6.45, 7) is 1.69. The van der Waals surface area contributed by atoms with E-state index < -0.39 is 17.9 Å². The van der Waals surface area contributed by atoms with Gasteiger partial charge in [-0.1, -0.05) is 28.1 Å². The minimum atomic E-state index is -0.610. The summed E-state index contributed by atoms with van der Waals surface area (Å²) in [7, 11) is 1.29. The number of hydrogen-bond acceptors (Lipinski definition) is 5. The maximum absolute atomic E-state index is 13.1. The molecule has 3 aromatic rings. The van der Waals surface area contributed by atoms with E-state index in [0.717, 1.165) is 10.0 Å². The van der Waals surface area contributed by atoms with Crippen LogP contribution in [0.5, 0.6) is 0 Å². The molecule has 9 heteroatoms. The van der Waals surface area contributed by atoms with Crippen molar-refractivity contribution in [3.8, 4) is 5.69 Å². The van der Waals surface area contributed by atoms with Gasteiger partial charge in [0.2, 0.25) is 5.82 Å². The Hall–Kier alpha value is -3.07. The first kappa shape index (κ1) is 20.7. The van der Waals surface area contributed by atoms with Crippen LogP contribution in [0, 0.1) is 12.7 Å². The fourth-order valence-corrected chi connectivity index (χ4v) is 3.00. The number of benzene rings is 2. The minimum absolute atomic E-state index is 0.0402. The van der Waals surface area contributed by atoms with Crippen LogP contribution in [-0.2, 0) is 9.53 Å². The van der Waals surface area contributed by atoms with E-state index >= 15 is 0 Å². The van der Waals surface area contributed by atoms with Crippen LogP contribution >= 0.6 is 15.9 Å². The van der Waals surface area contributed by atoms with Crippen LogP contribution in [0.3, 0.4) is 0 Å². The number of hydrogen-bond donors (Lipinski definition) is 1. The van der Waals surface area contributed by atoms with E-state index in [0.29, 0.717) is 11.5 Å². The van der Waals surface area contributed by atoms with Gasteiger partial charge in [-0.05, 0) is 48.9 Å². The van der Waals surface area contributed by atoms with Gasteiger partial charge in [0.1, 0.15) is 11.6 Å². The van der Waals surface area contributed by atoms with Gasteiger partial charge in [-0.2, -0.15) is 0 Å². The summed E-state index contributed by atoms with van der Waals surface area (Å²) in [4.78, 5) is 28.7. The van der Waals surface area contributed by atoms with Crippen molar-refractivity contribution in [1.29, 1.82) is 0 Å². The molecule has 0 aliphatic rings. The lowest BCUT2D eigenvalue weighted by Gasteiger charge is -2.17. The Balaban J connectivity index is 1.84. The van der Waals surface area contributed by atoms with E-state index in [9.17, 15) is 14.0 Å². The summed E-state index contributed by atoms with van der Waals surface area (Å²) in [5, 5.41) is 7.00. The molecule has 0 bridgehead atoms. The number of nitrogens with zero attached hydrogens (tertiary/aromatic N) is 3. The molecule has 3 rings (SSSR count). The molecule has 0 radical (unpaired) electrons. The van der Waals surface area contributed by atoms with Gasteiger partial charge in [-0.3, -0.25) is 9.59 Å². The van der Waals surface area contributed by atoms with Crippen molar-refractivity contribution in [2.24, 2.45) is 0 Å². The van der Waals surface area contributed by atoms with E-state index in [1.807, 2.05) is 12.1 Å². The lowest BCUT2D eigenvalue weighted by Crippen LogP contribution is -2.31. The Morgan fingerprint density at radius 1 is 1.17 bits per heavy atom. The van der Waals surface area contributed by atoms with E-state index in [1.54, 1.807) is 31.2 Å². The molecule has 29 heavy (non-hydrogen) atoms. The molecule has 1 heterocycles. The summed E-state index contributed by atoms with van der Waals surface area (Å²) < 4.78 is 20.2. The van der Waals surface area contributed by atoms with Gasteiger partial charge in [-0.25, -0.2) is 14.1 Å². The molecule has 2 aromatic carbocycles. The van der Waals surface area contributed by atoms with Crippen LogP contribution in [0.2, 0.25) is 0 Å². The molecular formula is C20H18BrFN4O3. The highest BCUT2D eigenvalue weighted by Crippen LogP contribution is 2.21. The summed E-state index contributed by atoms with van der Waals surface area (Å²) >= 11 is 3.36. The third-order valence-corrected chi connectivity index (χ3v) is 4.75. The summed E-state index contributed by atoms with van der Waals surface area (Å²) in [5.41, 5.74) is 1.32. The number of amides is 1. The SMILES string of the molecule is COC(=O)C[C@H](NC(=O)c1nc(C)n(-c2ccc(F)cc2)n1)c1ccc(Br)cc1. The predicted molar refractivity (Wildman–Crippen MR) is 107 cm³/mol. The molecule has 0 fully saturated rings. The second-order valence-corrected chi connectivity index (χ2v) is 7.14. The Bertz CT molecular complexity index is 1020. The van der Waals surface area contributed by atoms with Gasteiger partial charge >= 0.3 is 5.97 Å². The highest BCUT2D eigenvalue weighted by atomic mass is 79.9. The maximum atomic E-state index is 13.1. The van der Waals surface area contributed by atoms with E-state index in [2.05, 4.69) is 31.3 Å². The van der Waals surface area contributed by atoms with Crippen LogP contribution in [0.25, 0.3) is 5.69 Å². The molecule has 0 unspecified atom stereocenters. The fraction of sp³-hybridized carbons (Fsp3) is 0.200. The Morgan fingerprint density at radius 2 is 1.83 bits per heavy atom. The smallest absolute Gasteiger partial charge is 0.307 e. The maximum Gasteiger partial charge on any atom is 0.307 e. The van der Waals surface area contributed by atoms with Crippen LogP contribution in [0.15, 0.2) is 53.0 Å². The first-order valence-corrected chi connectivity index (χ1v) is 9.49. The quantitative estimate of drug-likeness (QED) is 0.568. The third kappa shape index (κ3) is 5.05. The number of aryl methyl sites for hydroxylation is 1. The molecule has 0 aliphatic heterocycles. The second-order valence-electron chi connectivity index (χ2n) is 6.23. The molecule has 150 valence electrons. The number of nitrogens with one attached hydrogen (secondary N) is 1. The van der Waals surface area contributed by atoms with E-state index in [-0.39, 0.29) is 18.1 Å². The molecule has 1 N–H and O–H groups in total. The van der Waals surface area contributed by atoms with Gasteiger partial charge in [0.15, 0.2) is 0 Å². The van der Waals surface area contributed by atoms with Gasteiger partial charge < -0.3 is 10.1 Å². The molecule has 0 saturated carbocycles. The number of carbonyl (C=O) groups is 2. The largest absolute Gasteiger partial charge is 0.469 e. The molecule has 0 aliphatic carbocycles. The van der Waals surface area contributed by atoms with Gasteiger partial charge in [-0.15, -0.1) is 5.10 Å². The molecule has 1 amide bonds. The lowest BCUT2D eigenvalue weighted by molar-refractivity contribution is -0.141. The van der Waals surface area contributed by atoms with Crippen molar-refractivity contribution in [3.63, 3.8) is 0 Å². The number of halogens is 2. The minimum Gasteiger partial charge on any atom is -0.469 e. The van der Waals surface area contributed by atoms with Gasteiger partial charge in [0.25, 0.3) is 5.91 Å². The first-order chi connectivity index (χ1) is 13.9. The van der Waals surface area contributed by atoms with Crippen molar-refractivity contribution in [1.82, 2.24) is 20.1 Å². The molecule has 0 spiro atoms. The molecular weight excluding hydrogens is 443 g/mol. The zero-order chi connectivity index (χ0) is 21.0. The summed E-state index contributed by atoms with van der Waals surface area (Å²) in [6, 6.07) is 12.3. The average Bonchev–Trinajstić information content (AvgIpc) is 3.10. The topological polar surface area (TPSA) is 86.1 Å². The molecule has 0 saturated heterocycles. The van der Waals surface area contributed by atoms with Gasteiger partial charge in [0, 0.05) is 4.47 Å². The van der Waals surface area contributed by atoms with Crippen molar-refractivity contribution in [2.75, 3.05) is 7.11 Å². The third-order valence-electron chi connectivity index (χ3n) is 4.22. The predicted octanol–water partition coefficient (Wildman–Crippen LogP) is 3.51. The van der Waals surface area contributed by atoms with E-state index in [4.69, 9.17) is 4.74 Å². The molecule has 7 nitrogen and oxygen atoms in total. The van der Waals surface area contributed by atoms with Crippen molar-refractivity contribution >= 4 is 27.8 Å². The number of methoxy groups -OCH3 is 1. The Kier molecular flexibility index (Phi) is 6.38. The molecule has 1 aromatic heterocycles. The highest BCUT2D eigenvalue weighted by Gasteiger charge is 2.23. The van der Waals surface area contributed by atoms with Crippen LogP contribution in [0.4, 0.5) is 4.39 Å². The number of aromatic nitrogens is 3. The highest BCUT2D eigenvalue weighted by molar-refractivity contribution is 9.10. The fourth-order valence-electron chi connectivity index (χ4n) is 2.73. The van der Waals surface area contributed by atoms with Crippen molar-refractivity contribution < 1.29 is 18.7 Å². The summed E-state index contributed by atoms with van der Waals surface area (Å²) in [5.74, 6) is -0.955. The van der Waals surface area contributed by atoms with Crippen molar-refractivity contribution in [3.05, 3.63) is 76.0 Å². The van der Waals surface area contributed by atoms with Crippen LogP contribution < -0.4 is 5.32 Å². The zero-order valence-electron chi connectivity index (χ0n) is 15.7. The average molecular weight is 461 g/mol. The second kappa shape index (κ2) is 8.95. The van der Waals surface area contributed by atoms with Crippen LogP contribution in [0.1, 0.15) is 34.5 Å². The monoisotopic (exact) mass is 460 g/mol. The number of rotatable bonds is 6. The normalized spacial score (nSPS) is 11.7. The van der Waals surface area contributed by atoms with Gasteiger partial charge in [0.05, 0.1) is 25.3 Å². The lowest BCUT2D eigenvalue weighted by atomic mass is 10.0. The number of ether oxygens (including phenoxy) is 1. The molecule has 1 atom stereocenters. The Labute approximate surface area is 175 Å². The van der Waals surface area contributed by atoms with E-state index in [1.165, 1.54) is 23.9 Å². The Morgan fingerprint density at radius 3 is 2.45 bits per heavy atom. The van der Waals surface area contributed by atoms with Crippen molar-refractivity contribution in [2.45, 2.75) is 19.4 Å². The standard InChI is InChI=1S/C20H18BrFN4O3/c1-12-23-19(25-26(12)16-9-7-15(22)8-10-16)20(28)24-17(11-18(27)29-2)13-3-5-14(21)6-4-13/h3-10,17H,11H2,1-2H3,(H,24,28)/t17-/m0/s1. The number of carbonyl (C=O) groups excluding carboxylic acids is 2.